The Kier molecular flexibility index (Phi) is 11.7. The molecular formula is C31H35F6N5O2. The maximum Gasteiger partial charge on any atom is 0.431 e. The number of hydrogen-bond acceptors (Lipinski definition) is 5. The van der Waals surface area contributed by atoms with Crippen molar-refractivity contribution in [2.75, 3.05) is 6.54 Å². The summed E-state index contributed by atoms with van der Waals surface area (Å²) in [6, 6.07) is 4.91. The quantitative estimate of drug-likeness (QED) is 0.188. The number of nitrogens with one attached hydrogen (secondary N) is 1. The summed E-state index contributed by atoms with van der Waals surface area (Å²) >= 11 is 0. The van der Waals surface area contributed by atoms with Gasteiger partial charge in [0.25, 0.3) is 5.91 Å². The number of hydrazone groups is 1. The van der Waals surface area contributed by atoms with E-state index in [-0.39, 0.29) is 37.1 Å². The van der Waals surface area contributed by atoms with Gasteiger partial charge in [-0.2, -0.15) is 18.3 Å². The molecule has 2 amide bonds. The van der Waals surface area contributed by atoms with Crippen LogP contribution in [-0.2, 0) is 4.79 Å². The number of pyridine rings is 1. The summed E-state index contributed by atoms with van der Waals surface area (Å²) in [4.78, 5) is 30.0. The first kappa shape index (κ1) is 34.3. The van der Waals surface area contributed by atoms with Crippen LogP contribution in [0.2, 0.25) is 0 Å². The first-order chi connectivity index (χ1) is 20.7. The van der Waals surface area contributed by atoms with E-state index in [9.17, 15) is 35.9 Å². The molecule has 7 nitrogen and oxygen atoms in total. The number of unbranched alkanes of at least 4 members (excludes halogenated alkanes) is 1. The van der Waals surface area contributed by atoms with Crippen molar-refractivity contribution in [3.05, 3.63) is 77.2 Å². The van der Waals surface area contributed by atoms with Crippen molar-refractivity contribution in [1.82, 2.24) is 15.3 Å². The van der Waals surface area contributed by atoms with E-state index in [1.54, 1.807) is 19.1 Å². The van der Waals surface area contributed by atoms with Gasteiger partial charge in [0.05, 0.1) is 17.3 Å². The molecule has 238 valence electrons. The minimum absolute atomic E-state index is 0.0287. The second-order valence-electron chi connectivity index (χ2n) is 10.6. The van der Waals surface area contributed by atoms with E-state index in [1.807, 2.05) is 6.92 Å². The van der Waals surface area contributed by atoms with Crippen molar-refractivity contribution < 1.29 is 35.9 Å². The van der Waals surface area contributed by atoms with Crippen molar-refractivity contribution in [1.29, 1.82) is 0 Å². The third-order valence-corrected chi connectivity index (χ3v) is 6.97. The topological polar surface area (TPSA) is 101 Å². The number of aromatic nitrogens is 1. The molecular weight excluding hydrogens is 588 g/mol. The summed E-state index contributed by atoms with van der Waals surface area (Å²) in [5.41, 5.74) is 5.38. The highest BCUT2D eigenvalue weighted by Gasteiger charge is 2.41. The number of halogens is 6. The first-order valence-electron chi connectivity index (χ1n) is 14.2. The second kappa shape index (κ2) is 15.0. The van der Waals surface area contributed by atoms with Gasteiger partial charge < -0.3 is 11.1 Å². The summed E-state index contributed by atoms with van der Waals surface area (Å²) in [7, 11) is 0. The van der Waals surface area contributed by atoms with Gasteiger partial charge in [0, 0.05) is 24.7 Å². The van der Waals surface area contributed by atoms with Gasteiger partial charge in [-0.05, 0) is 62.6 Å². The number of alkyl halides is 4. The molecule has 3 atom stereocenters. The number of hydrogen-bond donors (Lipinski definition) is 2. The van der Waals surface area contributed by atoms with Crippen LogP contribution in [0.4, 0.5) is 26.3 Å². The molecule has 1 aromatic heterocycles. The van der Waals surface area contributed by atoms with E-state index < -0.39 is 53.6 Å². The third kappa shape index (κ3) is 9.17. The number of nitrogens with zero attached hydrogens (tertiary/aromatic N) is 3. The van der Waals surface area contributed by atoms with Gasteiger partial charge in [-0.3, -0.25) is 19.6 Å². The van der Waals surface area contributed by atoms with E-state index in [2.05, 4.69) is 15.4 Å². The summed E-state index contributed by atoms with van der Waals surface area (Å²) < 4.78 is 82.0. The van der Waals surface area contributed by atoms with Crippen molar-refractivity contribution in [2.24, 2.45) is 10.8 Å². The Morgan fingerprint density at radius 3 is 2.57 bits per heavy atom. The molecule has 3 N–H and O–H groups in total. The summed E-state index contributed by atoms with van der Waals surface area (Å²) in [5.74, 6) is -3.28. The smallest absolute Gasteiger partial charge is 0.366 e. The van der Waals surface area contributed by atoms with Gasteiger partial charge in [-0.1, -0.05) is 37.5 Å². The van der Waals surface area contributed by atoms with E-state index in [1.165, 1.54) is 18.3 Å². The Morgan fingerprint density at radius 1 is 1.23 bits per heavy atom. The van der Waals surface area contributed by atoms with Gasteiger partial charge in [0.1, 0.15) is 29.6 Å². The lowest BCUT2D eigenvalue weighted by molar-refractivity contribution is -0.127. The SMILES string of the molecule is CCCCC(C(=O)N[C@@H](C/C(C)=C/C(F)=C\C(C)F)c1ncccc1-c1ccc(F)c(C(N)=O)c1)N1CCC(C(F)(F)F)=N1. The molecule has 3 rings (SSSR count). The number of carbonyl (C=O) groups is 2. The molecule has 0 spiro atoms. The molecule has 1 aromatic carbocycles. The summed E-state index contributed by atoms with van der Waals surface area (Å²) in [5, 5.41) is 7.70. The zero-order chi connectivity index (χ0) is 32.6. The van der Waals surface area contributed by atoms with Crippen LogP contribution in [-0.4, -0.2) is 52.5 Å². The van der Waals surface area contributed by atoms with Crippen LogP contribution in [0.15, 0.2) is 65.2 Å². The van der Waals surface area contributed by atoms with Gasteiger partial charge in [-0.15, -0.1) is 0 Å². The van der Waals surface area contributed by atoms with Crippen molar-refractivity contribution in [3.63, 3.8) is 0 Å². The fraction of sp³-hybridized carbons (Fsp3) is 0.419. The highest BCUT2D eigenvalue weighted by atomic mass is 19.4. The number of allylic oxidation sites excluding steroid dienone is 3. The molecule has 1 aliphatic rings. The Balaban J connectivity index is 2.07. The molecule has 2 heterocycles. The van der Waals surface area contributed by atoms with Crippen LogP contribution in [0, 0.1) is 5.82 Å². The molecule has 1 aliphatic heterocycles. The average molecular weight is 624 g/mol. The molecule has 44 heavy (non-hydrogen) atoms. The lowest BCUT2D eigenvalue weighted by Gasteiger charge is -2.29. The van der Waals surface area contributed by atoms with Gasteiger partial charge >= 0.3 is 6.18 Å². The number of benzene rings is 1. The predicted molar refractivity (Wildman–Crippen MR) is 155 cm³/mol. The minimum atomic E-state index is -4.62. The largest absolute Gasteiger partial charge is 0.431 e. The maximum atomic E-state index is 14.4. The monoisotopic (exact) mass is 623 g/mol. The van der Waals surface area contributed by atoms with E-state index >= 15 is 0 Å². The molecule has 0 saturated heterocycles. The van der Waals surface area contributed by atoms with Crippen LogP contribution in [0.5, 0.6) is 0 Å². The lowest BCUT2D eigenvalue weighted by atomic mass is 9.94. The fourth-order valence-corrected chi connectivity index (χ4v) is 4.90. The van der Waals surface area contributed by atoms with Crippen LogP contribution in [0.3, 0.4) is 0 Å². The Bertz CT molecular complexity index is 1440. The standard InChI is InChI=1S/C31H35F6N5O2/c1-4-5-8-26(42-13-11-27(41-42)31(35,36)37)30(44)40-25(15-18(2)14-21(33)16-19(3)32)28-22(7-6-12-39-28)20-9-10-24(34)23(17-20)29(38)43/h6-7,9-10,12,14,16-17,19,25-26H,4-5,8,11,13,15H2,1-3H3,(H2,38,43)(H,40,44)/b18-14+,21-16+/t19?,25-,26?/m0/s1. The van der Waals surface area contributed by atoms with Crippen LogP contribution < -0.4 is 11.1 Å². The molecule has 13 heteroatoms. The Morgan fingerprint density at radius 2 is 1.95 bits per heavy atom. The van der Waals surface area contributed by atoms with Gasteiger partial charge in [-0.25, -0.2) is 13.2 Å². The second-order valence-corrected chi connectivity index (χ2v) is 10.6. The molecule has 0 bridgehead atoms. The van der Waals surface area contributed by atoms with Crippen molar-refractivity contribution in [2.45, 2.75) is 77.3 Å². The van der Waals surface area contributed by atoms with Crippen LogP contribution in [0.1, 0.15) is 75.0 Å². The van der Waals surface area contributed by atoms with Crippen molar-refractivity contribution in [3.8, 4) is 11.1 Å². The molecule has 0 saturated carbocycles. The number of carbonyl (C=O) groups excluding carboxylic acids is 2. The Hall–Kier alpha value is -4.16. The number of nitrogens with two attached hydrogens (primary N) is 1. The fourth-order valence-electron chi connectivity index (χ4n) is 4.90. The van der Waals surface area contributed by atoms with Gasteiger partial charge in [0.15, 0.2) is 0 Å². The van der Waals surface area contributed by atoms with E-state index in [4.69, 9.17) is 5.73 Å². The molecule has 0 fully saturated rings. The number of rotatable bonds is 13. The zero-order valence-electron chi connectivity index (χ0n) is 24.6. The molecule has 2 aromatic rings. The normalized spacial score (nSPS) is 16.4. The van der Waals surface area contributed by atoms with E-state index in [0.717, 1.165) is 30.2 Å². The minimum Gasteiger partial charge on any atom is -0.366 e. The highest BCUT2D eigenvalue weighted by molar-refractivity contribution is 5.94. The third-order valence-electron chi connectivity index (χ3n) is 6.97. The Labute approximate surface area is 251 Å². The van der Waals surface area contributed by atoms with Crippen molar-refractivity contribution >= 4 is 17.5 Å². The van der Waals surface area contributed by atoms with Crippen LogP contribution >= 0.6 is 0 Å². The zero-order valence-corrected chi connectivity index (χ0v) is 24.6. The number of amides is 2. The average Bonchev–Trinajstić information content (AvgIpc) is 3.43. The van der Waals surface area contributed by atoms with E-state index in [0.29, 0.717) is 29.5 Å². The molecule has 2 unspecified atom stereocenters. The summed E-state index contributed by atoms with van der Waals surface area (Å²) in [6.45, 7) is 4.51. The highest BCUT2D eigenvalue weighted by Crippen LogP contribution is 2.32. The maximum absolute atomic E-state index is 14.4. The number of primary amides is 1. The molecule has 0 aliphatic carbocycles. The van der Waals surface area contributed by atoms with Gasteiger partial charge in [0.2, 0.25) is 5.91 Å². The summed E-state index contributed by atoms with van der Waals surface area (Å²) in [6.07, 6.45) is -1.80. The van der Waals surface area contributed by atoms with Crippen LogP contribution in [0.25, 0.3) is 11.1 Å². The first-order valence-corrected chi connectivity index (χ1v) is 14.2. The lowest BCUT2D eigenvalue weighted by Crippen LogP contribution is -2.45. The molecule has 0 radical (unpaired) electrons. The predicted octanol–water partition coefficient (Wildman–Crippen LogP) is 6.87.